The van der Waals surface area contributed by atoms with Gasteiger partial charge in [0.15, 0.2) is 0 Å². The van der Waals surface area contributed by atoms with Crippen LogP contribution in [0.2, 0.25) is 0 Å². The Morgan fingerprint density at radius 1 is 1.09 bits per heavy atom. The van der Waals surface area contributed by atoms with Crippen molar-refractivity contribution >= 4 is 17.6 Å². The van der Waals surface area contributed by atoms with E-state index in [0.29, 0.717) is 26.4 Å². The molecule has 0 spiro atoms. The van der Waals surface area contributed by atoms with Crippen LogP contribution in [0.15, 0.2) is 77.4 Å². The lowest BCUT2D eigenvalue weighted by atomic mass is 10.1. The summed E-state index contributed by atoms with van der Waals surface area (Å²) in [7, 11) is 1.89. The van der Waals surface area contributed by atoms with E-state index in [2.05, 4.69) is 57.8 Å². The zero-order chi connectivity index (χ0) is 32.8. The number of nitrogens with zero attached hydrogens (tertiary/aromatic N) is 7. The zero-order valence-corrected chi connectivity index (χ0v) is 27.7. The fourth-order valence-corrected chi connectivity index (χ4v) is 6.42. The van der Waals surface area contributed by atoms with Crippen LogP contribution in [0.25, 0.3) is 5.69 Å². The standard InChI is InChI=1S/C35H47N7O5/c1-5-17-36-38(4)25-35(33-8-7-22-44-33)46-24-32(47-35)23-45-31-15-13-29(14-16-31)40-20-18-39(19-21-40)28-9-11-30(12-10-28)41-26-37-42(34(41)43)27(3)6-2/h5,9-17,26-27,32-33H,1,6-8,18-25H2,2-4H3/b36-17-. The number of hydrogen-bond acceptors (Lipinski definition) is 10. The van der Waals surface area contributed by atoms with Crippen LogP contribution >= 0.6 is 0 Å². The highest BCUT2D eigenvalue weighted by atomic mass is 16.8. The first-order valence-electron chi connectivity index (χ1n) is 16.7. The molecular weight excluding hydrogens is 598 g/mol. The normalized spacial score (nSPS) is 23.8. The van der Waals surface area contributed by atoms with Gasteiger partial charge < -0.3 is 28.7 Å². The quantitative estimate of drug-likeness (QED) is 0.201. The van der Waals surface area contributed by atoms with Gasteiger partial charge in [0.2, 0.25) is 5.79 Å². The van der Waals surface area contributed by atoms with E-state index < -0.39 is 5.79 Å². The first-order chi connectivity index (χ1) is 22.9. The fraction of sp³-hybridized carbons (Fsp3) is 0.514. The summed E-state index contributed by atoms with van der Waals surface area (Å²) in [5, 5.41) is 10.5. The molecule has 3 fully saturated rings. The number of anilines is 2. The molecule has 4 heterocycles. The van der Waals surface area contributed by atoms with E-state index in [0.717, 1.165) is 62.6 Å². The summed E-state index contributed by atoms with van der Waals surface area (Å²) >= 11 is 0. The van der Waals surface area contributed by atoms with Gasteiger partial charge in [-0.3, -0.25) is 5.01 Å². The van der Waals surface area contributed by atoms with E-state index in [9.17, 15) is 4.79 Å². The minimum atomic E-state index is -0.872. The van der Waals surface area contributed by atoms with E-state index in [1.807, 2.05) is 38.2 Å². The van der Waals surface area contributed by atoms with Crippen LogP contribution in [0.5, 0.6) is 5.75 Å². The Morgan fingerprint density at radius 3 is 2.36 bits per heavy atom. The highest BCUT2D eigenvalue weighted by Gasteiger charge is 2.51. The molecule has 4 atom stereocenters. The molecular formula is C35H47N7O5. The maximum atomic E-state index is 12.8. The number of aromatic nitrogens is 3. The summed E-state index contributed by atoms with van der Waals surface area (Å²) in [6, 6.07) is 16.5. The molecule has 3 aliphatic rings. The van der Waals surface area contributed by atoms with Crippen LogP contribution in [0.3, 0.4) is 0 Å². The summed E-state index contributed by atoms with van der Waals surface area (Å²) in [6.07, 6.45) is 7.30. The third kappa shape index (κ3) is 7.39. The van der Waals surface area contributed by atoms with Gasteiger partial charge in [0.05, 0.1) is 24.9 Å². The van der Waals surface area contributed by atoms with E-state index in [4.69, 9.17) is 18.9 Å². The second kappa shape index (κ2) is 14.7. The molecule has 47 heavy (non-hydrogen) atoms. The molecule has 0 saturated carbocycles. The number of ether oxygens (including phenoxy) is 4. The minimum absolute atomic E-state index is 0.0732. The Hall–Kier alpha value is -4.13. The molecule has 0 aliphatic carbocycles. The lowest BCUT2D eigenvalue weighted by Crippen LogP contribution is -2.51. The second-order valence-electron chi connectivity index (χ2n) is 12.5. The third-order valence-corrected chi connectivity index (χ3v) is 9.23. The number of hydrogen-bond donors (Lipinski definition) is 0. The maximum Gasteiger partial charge on any atom is 0.350 e. The van der Waals surface area contributed by atoms with Gasteiger partial charge in [0, 0.05) is 57.4 Å². The maximum absolute atomic E-state index is 12.8. The summed E-state index contributed by atoms with van der Waals surface area (Å²) in [5.41, 5.74) is 3.04. The molecule has 0 amide bonds. The van der Waals surface area contributed by atoms with Crippen LogP contribution in [0.1, 0.15) is 39.2 Å². The largest absolute Gasteiger partial charge is 0.491 e. The average Bonchev–Trinajstić information content (AvgIpc) is 3.88. The Bertz CT molecular complexity index is 1540. The lowest BCUT2D eigenvalue weighted by molar-refractivity contribution is -0.238. The molecule has 2 aromatic carbocycles. The lowest BCUT2D eigenvalue weighted by Gasteiger charge is -2.37. The molecule has 12 nitrogen and oxygen atoms in total. The number of piperazine rings is 1. The van der Waals surface area contributed by atoms with Crippen molar-refractivity contribution in [1.29, 1.82) is 0 Å². The molecule has 3 aliphatic heterocycles. The summed E-state index contributed by atoms with van der Waals surface area (Å²) in [4.78, 5) is 17.6. The molecule has 1 aromatic heterocycles. The SMILES string of the molecule is C=C/C=N\N(C)CC1(C2CCCO2)OCC(COc2ccc(N3CCN(c4ccc(-n5cnn(C(C)CC)c5=O)cc4)CC3)cc2)O1. The molecule has 0 N–H and O–H groups in total. The van der Waals surface area contributed by atoms with Crippen LogP contribution in [0, 0.1) is 0 Å². The van der Waals surface area contributed by atoms with Crippen molar-refractivity contribution in [3.05, 3.63) is 78.0 Å². The third-order valence-electron chi connectivity index (χ3n) is 9.23. The van der Waals surface area contributed by atoms with Crippen molar-refractivity contribution in [2.75, 3.05) is 69.4 Å². The van der Waals surface area contributed by atoms with E-state index in [1.54, 1.807) is 32.9 Å². The molecule has 252 valence electrons. The van der Waals surface area contributed by atoms with Crippen molar-refractivity contribution in [3.8, 4) is 11.4 Å². The smallest absolute Gasteiger partial charge is 0.350 e. The summed E-state index contributed by atoms with van der Waals surface area (Å²) in [6.45, 7) is 13.4. The monoisotopic (exact) mass is 645 g/mol. The summed E-state index contributed by atoms with van der Waals surface area (Å²) in [5.74, 6) is -0.0741. The molecule has 4 unspecified atom stereocenters. The highest BCUT2D eigenvalue weighted by molar-refractivity contribution is 5.69. The van der Waals surface area contributed by atoms with Gasteiger partial charge in [0.1, 0.15) is 30.9 Å². The van der Waals surface area contributed by atoms with E-state index in [1.165, 1.54) is 5.69 Å². The molecule has 12 heteroatoms. The van der Waals surface area contributed by atoms with Crippen LogP contribution < -0.4 is 20.2 Å². The number of hydrazone groups is 1. The van der Waals surface area contributed by atoms with Gasteiger partial charge in [-0.15, -0.1) is 0 Å². The van der Waals surface area contributed by atoms with Crippen LogP contribution in [0.4, 0.5) is 11.4 Å². The van der Waals surface area contributed by atoms with E-state index >= 15 is 0 Å². The van der Waals surface area contributed by atoms with Gasteiger partial charge in [0.25, 0.3) is 0 Å². The van der Waals surface area contributed by atoms with Crippen molar-refractivity contribution in [2.45, 2.75) is 57.1 Å². The van der Waals surface area contributed by atoms with Crippen LogP contribution in [-0.4, -0.2) is 103 Å². The Kier molecular flexibility index (Phi) is 10.3. The van der Waals surface area contributed by atoms with Crippen LogP contribution in [-0.2, 0) is 14.2 Å². The number of allylic oxidation sites excluding steroid dienone is 1. The Balaban J connectivity index is 0.987. The Labute approximate surface area is 276 Å². The molecule has 6 rings (SSSR count). The van der Waals surface area contributed by atoms with Gasteiger partial charge in [-0.05, 0) is 80.8 Å². The minimum Gasteiger partial charge on any atom is -0.491 e. The van der Waals surface area contributed by atoms with Crippen molar-refractivity contribution < 1.29 is 18.9 Å². The summed E-state index contributed by atoms with van der Waals surface area (Å²) < 4.78 is 28.0. The van der Waals surface area contributed by atoms with E-state index in [-0.39, 0.29) is 23.9 Å². The predicted octanol–water partition coefficient (Wildman–Crippen LogP) is 4.10. The average molecular weight is 646 g/mol. The topological polar surface area (TPSA) is 98.8 Å². The van der Waals surface area contributed by atoms with Crippen molar-refractivity contribution in [3.63, 3.8) is 0 Å². The first-order valence-corrected chi connectivity index (χ1v) is 16.7. The molecule has 0 bridgehead atoms. The number of benzene rings is 2. The number of likely N-dealkylation sites (N-methyl/N-ethyl adjacent to an activating group) is 1. The van der Waals surface area contributed by atoms with Crippen molar-refractivity contribution in [1.82, 2.24) is 19.4 Å². The predicted molar refractivity (Wildman–Crippen MR) is 183 cm³/mol. The molecule has 0 radical (unpaired) electrons. The second-order valence-corrected chi connectivity index (χ2v) is 12.5. The Morgan fingerprint density at radius 2 is 1.74 bits per heavy atom. The fourth-order valence-electron chi connectivity index (χ4n) is 6.42. The highest BCUT2D eigenvalue weighted by Crippen LogP contribution is 2.35. The number of rotatable bonds is 13. The molecule has 3 saturated heterocycles. The zero-order valence-electron chi connectivity index (χ0n) is 27.7. The van der Waals surface area contributed by atoms with Crippen molar-refractivity contribution in [2.24, 2.45) is 5.10 Å². The van der Waals surface area contributed by atoms with Gasteiger partial charge in [-0.1, -0.05) is 13.5 Å². The van der Waals surface area contributed by atoms with Gasteiger partial charge >= 0.3 is 5.69 Å². The van der Waals surface area contributed by atoms with Gasteiger partial charge in [-0.25, -0.2) is 14.0 Å². The van der Waals surface area contributed by atoms with Gasteiger partial charge in [-0.2, -0.15) is 10.2 Å². The molecule has 3 aromatic rings. The first kappa shape index (κ1) is 32.8.